The van der Waals surface area contributed by atoms with Gasteiger partial charge in [-0.15, -0.1) is 0 Å². The molecule has 1 saturated heterocycles. The second kappa shape index (κ2) is 8.83. The number of aliphatic hydroxyl groups excluding tert-OH is 1. The van der Waals surface area contributed by atoms with Gasteiger partial charge in [-0.05, 0) is 6.42 Å². The molecular formula is C15H24O8. The van der Waals surface area contributed by atoms with E-state index >= 15 is 0 Å². The van der Waals surface area contributed by atoms with Crippen molar-refractivity contribution in [3.63, 3.8) is 0 Å². The molecule has 23 heavy (non-hydrogen) atoms. The first kappa shape index (κ1) is 19.4. The van der Waals surface area contributed by atoms with Gasteiger partial charge in [0, 0.05) is 33.8 Å². The molecule has 1 aliphatic rings. The zero-order valence-corrected chi connectivity index (χ0v) is 13.8. The summed E-state index contributed by atoms with van der Waals surface area (Å²) < 4.78 is 21.6. The monoisotopic (exact) mass is 332 g/mol. The topological polar surface area (TPSA) is 108 Å². The zero-order chi connectivity index (χ0) is 17.6. The van der Waals surface area contributed by atoms with Crippen molar-refractivity contribution < 1.29 is 38.4 Å². The molecule has 0 aliphatic carbocycles. The molecule has 0 aromatic rings. The minimum atomic E-state index is -0.990. The highest BCUT2D eigenvalue weighted by Gasteiger charge is 2.50. The number of ether oxygens (including phenoxy) is 4. The van der Waals surface area contributed by atoms with Crippen LogP contribution in [0.5, 0.6) is 0 Å². The van der Waals surface area contributed by atoms with Crippen molar-refractivity contribution in [2.75, 3.05) is 6.61 Å². The third-order valence-corrected chi connectivity index (χ3v) is 3.45. The third kappa shape index (κ3) is 5.47. The van der Waals surface area contributed by atoms with Crippen LogP contribution in [0.3, 0.4) is 0 Å². The van der Waals surface area contributed by atoms with Gasteiger partial charge >= 0.3 is 17.9 Å². The summed E-state index contributed by atoms with van der Waals surface area (Å²) in [6.07, 6.45) is -3.35. The van der Waals surface area contributed by atoms with Crippen LogP contribution in [0, 0.1) is 0 Å². The summed E-state index contributed by atoms with van der Waals surface area (Å²) in [5.74, 6) is -1.74. The molecule has 1 rings (SSSR count). The third-order valence-electron chi connectivity index (χ3n) is 3.45. The minimum absolute atomic E-state index is 0.191. The fraction of sp³-hybridized carbons (Fsp3) is 0.800. The first-order valence-corrected chi connectivity index (χ1v) is 7.58. The van der Waals surface area contributed by atoms with Crippen LogP contribution in [0.4, 0.5) is 0 Å². The number of carbonyl (C=O) groups excluding carboxylic acids is 3. The smallest absolute Gasteiger partial charge is 0.303 e. The highest BCUT2D eigenvalue weighted by molar-refractivity contribution is 5.68. The first-order valence-electron chi connectivity index (χ1n) is 7.58. The molecule has 1 fully saturated rings. The molecule has 1 N–H and O–H groups in total. The molecule has 5 atom stereocenters. The van der Waals surface area contributed by atoms with Crippen molar-refractivity contribution in [2.45, 2.75) is 71.1 Å². The van der Waals surface area contributed by atoms with Crippen molar-refractivity contribution >= 4 is 17.9 Å². The maximum Gasteiger partial charge on any atom is 0.303 e. The van der Waals surface area contributed by atoms with E-state index in [1.807, 2.05) is 6.92 Å². The fourth-order valence-corrected chi connectivity index (χ4v) is 2.67. The number of aliphatic hydroxyl groups is 1. The molecule has 8 heteroatoms. The summed E-state index contributed by atoms with van der Waals surface area (Å²) in [6, 6.07) is 0. The van der Waals surface area contributed by atoms with Crippen molar-refractivity contribution in [2.24, 2.45) is 0 Å². The number of rotatable bonds is 6. The zero-order valence-electron chi connectivity index (χ0n) is 13.8. The number of esters is 3. The Morgan fingerprint density at radius 1 is 0.870 bits per heavy atom. The van der Waals surface area contributed by atoms with Crippen LogP contribution >= 0.6 is 0 Å². The molecule has 0 amide bonds. The van der Waals surface area contributed by atoms with Gasteiger partial charge in [0.15, 0.2) is 18.3 Å². The number of hydrogen-bond donors (Lipinski definition) is 1. The molecule has 0 aromatic heterocycles. The Hall–Kier alpha value is -1.67. The van der Waals surface area contributed by atoms with Gasteiger partial charge in [-0.3, -0.25) is 14.4 Å². The Bertz CT molecular complexity index is 435. The van der Waals surface area contributed by atoms with E-state index in [0.29, 0.717) is 6.42 Å². The standard InChI is InChI=1S/C15H24O8/c1-5-11-13(20-8(2)17)15(22-10(4)19)14(21-9(3)18)12(23-11)6-7-16/h11-16H,5-7H2,1-4H3/t11-,12-,13+,14+,15+/m1/s1. The lowest BCUT2D eigenvalue weighted by molar-refractivity contribution is -0.248. The van der Waals surface area contributed by atoms with Crippen LogP contribution in [-0.4, -0.2) is 60.1 Å². The average Bonchev–Trinajstić information content (AvgIpc) is 2.43. The van der Waals surface area contributed by atoms with Gasteiger partial charge in [-0.25, -0.2) is 0 Å². The fourth-order valence-electron chi connectivity index (χ4n) is 2.67. The molecule has 0 radical (unpaired) electrons. The van der Waals surface area contributed by atoms with Crippen LogP contribution in [0.2, 0.25) is 0 Å². The lowest BCUT2D eigenvalue weighted by Crippen LogP contribution is -2.61. The summed E-state index contributed by atoms with van der Waals surface area (Å²) >= 11 is 0. The van der Waals surface area contributed by atoms with Gasteiger partial charge in [0.1, 0.15) is 6.10 Å². The highest BCUT2D eigenvalue weighted by atomic mass is 16.6. The normalized spacial score (nSPS) is 30.4. The molecule has 0 spiro atoms. The highest BCUT2D eigenvalue weighted by Crippen LogP contribution is 2.31. The maximum atomic E-state index is 11.4. The van der Waals surface area contributed by atoms with Crippen LogP contribution in [0.1, 0.15) is 40.5 Å². The quantitative estimate of drug-likeness (QED) is 0.548. The Balaban J connectivity index is 3.16. The van der Waals surface area contributed by atoms with Crippen molar-refractivity contribution in [3.8, 4) is 0 Å². The molecule has 0 saturated carbocycles. The maximum absolute atomic E-state index is 11.4. The SMILES string of the molecule is CC[C@H]1O[C@H](CCO)[C@H](OC(C)=O)[C@@H](OC(C)=O)[C@H]1OC(C)=O. The van der Waals surface area contributed by atoms with Gasteiger partial charge in [-0.1, -0.05) is 6.92 Å². The molecule has 132 valence electrons. The summed E-state index contributed by atoms with van der Waals surface area (Å²) in [5.41, 5.74) is 0. The van der Waals surface area contributed by atoms with E-state index in [9.17, 15) is 19.5 Å². The summed E-state index contributed by atoms with van der Waals surface area (Å²) in [5, 5.41) is 9.20. The van der Waals surface area contributed by atoms with E-state index in [1.54, 1.807) is 0 Å². The minimum Gasteiger partial charge on any atom is -0.456 e. The first-order chi connectivity index (χ1) is 10.8. The molecule has 0 bridgehead atoms. The van der Waals surface area contributed by atoms with Gasteiger partial charge in [-0.2, -0.15) is 0 Å². The summed E-state index contributed by atoms with van der Waals surface area (Å²) in [7, 11) is 0. The van der Waals surface area contributed by atoms with Crippen LogP contribution < -0.4 is 0 Å². The molecule has 8 nitrogen and oxygen atoms in total. The van der Waals surface area contributed by atoms with E-state index in [2.05, 4.69) is 0 Å². The Labute approximate surface area is 135 Å². The van der Waals surface area contributed by atoms with Crippen molar-refractivity contribution in [1.82, 2.24) is 0 Å². The second-order valence-corrected chi connectivity index (χ2v) is 5.36. The molecule has 0 aromatic carbocycles. The number of hydrogen-bond acceptors (Lipinski definition) is 8. The van der Waals surface area contributed by atoms with E-state index in [1.165, 1.54) is 20.8 Å². The summed E-state index contributed by atoms with van der Waals surface area (Å²) in [4.78, 5) is 34.2. The van der Waals surface area contributed by atoms with Crippen LogP contribution in [0.15, 0.2) is 0 Å². The predicted octanol–water partition coefficient (Wildman–Crippen LogP) is 0.341. The van der Waals surface area contributed by atoms with Crippen molar-refractivity contribution in [3.05, 3.63) is 0 Å². The summed E-state index contributed by atoms with van der Waals surface area (Å²) in [6.45, 7) is 5.30. The average molecular weight is 332 g/mol. The van der Waals surface area contributed by atoms with Crippen LogP contribution in [-0.2, 0) is 33.3 Å². The molecule has 1 heterocycles. The van der Waals surface area contributed by atoms with Crippen LogP contribution in [0.25, 0.3) is 0 Å². The Morgan fingerprint density at radius 3 is 1.70 bits per heavy atom. The molecule has 1 aliphatic heterocycles. The number of carbonyl (C=O) groups is 3. The Kier molecular flexibility index (Phi) is 7.44. The lowest BCUT2D eigenvalue weighted by Gasteiger charge is -2.44. The lowest BCUT2D eigenvalue weighted by atomic mass is 9.91. The second-order valence-electron chi connectivity index (χ2n) is 5.36. The van der Waals surface area contributed by atoms with E-state index in [4.69, 9.17) is 18.9 Å². The van der Waals surface area contributed by atoms with Gasteiger partial charge in [0.25, 0.3) is 0 Å². The largest absolute Gasteiger partial charge is 0.456 e. The predicted molar refractivity (Wildman–Crippen MR) is 77.3 cm³/mol. The van der Waals surface area contributed by atoms with E-state index in [-0.39, 0.29) is 13.0 Å². The van der Waals surface area contributed by atoms with E-state index < -0.39 is 48.4 Å². The van der Waals surface area contributed by atoms with E-state index in [0.717, 1.165) is 0 Å². The Morgan fingerprint density at radius 2 is 1.30 bits per heavy atom. The van der Waals surface area contributed by atoms with Gasteiger partial charge in [0.05, 0.1) is 6.10 Å². The van der Waals surface area contributed by atoms with Crippen molar-refractivity contribution in [1.29, 1.82) is 0 Å². The molecule has 0 unspecified atom stereocenters. The van der Waals surface area contributed by atoms with Gasteiger partial charge in [0.2, 0.25) is 0 Å². The van der Waals surface area contributed by atoms with Gasteiger partial charge < -0.3 is 24.1 Å². The molecular weight excluding hydrogens is 308 g/mol.